The van der Waals surface area contributed by atoms with Gasteiger partial charge in [0.15, 0.2) is 23.2 Å². The third-order valence-corrected chi connectivity index (χ3v) is 4.57. The van der Waals surface area contributed by atoms with E-state index in [1.54, 1.807) is 49.4 Å². The Bertz CT molecular complexity index is 1140. The Morgan fingerprint density at radius 2 is 1.94 bits per heavy atom. The minimum Gasteiger partial charge on any atom is -0.490 e. The van der Waals surface area contributed by atoms with E-state index in [9.17, 15) is 9.18 Å². The number of hydroxylamine groups is 2. The molecule has 0 bridgehead atoms. The van der Waals surface area contributed by atoms with E-state index in [2.05, 4.69) is 4.99 Å². The summed E-state index contributed by atoms with van der Waals surface area (Å²) in [6.45, 7) is 4.24. The molecule has 0 fully saturated rings. The van der Waals surface area contributed by atoms with Crippen molar-refractivity contribution in [3.8, 4) is 11.5 Å². The van der Waals surface area contributed by atoms with Gasteiger partial charge in [-0.15, -0.1) is 5.06 Å². The second kappa shape index (κ2) is 8.43. The lowest BCUT2D eigenvalue weighted by Gasteiger charge is -2.23. The van der Waals surface area contributed by atoms with Gasteiger partial charge in [0.25, 0.3) is 5.91 Å². The van der Waals surface area contributed by atoms with Crippen LogP contribution in [0.15, 0.2) is 64.9 Å². The number of benzene rings is 2. The molecule has 158 valence electrons. The smallest absolute Gasteiger partial charge is 0.282 e. The molecule has 2 aromatic rings. The van der Waals surface area contributed by atoms with Crippen molar-refractivity contribution in [1.82, 2.24) is 5.06 Å². The SMILES string of the molecule is CCOc1cc(/C=C2/C(=N)N3OC(C)=CC3=NC2=O)ccc1OCc1ccc(F)cc1. The molecule has 0 aromatic heterocycles. The van der Waals surface area contributed by atoms with Crippen molar-refractivity contribution in [3.05, 3.63) is 76.8 Å². The van der Waals surface area contributed by atoms with Crippen LogP contribution in [0, 0.1) is 11.2 Å². The molecule has 2 aromatic carbocycles. The van der Waals surface area contributed by atoms with E-state index in [-0.39, 0.29) is 23.8 Å². The van der Waals surface area contributed by atoms with Crippen LogP contribution >= 0.6 is 0 Å². The topological polar surface area (TPSA) is 84.2 Å². The van der Waals surface area contributed by atoms with Crippen LogP contribution in [0.2, 0.25) is 0 Å². The lowest BCUT2D eigenvalue weighted by molar-refractivity contribution is -0.114. The quantitative estimate of drug-likeness (QED) is 0.705. The van der Waals surface area contributed by atoms with Gasteiger partial charge in [0.1, 0.15) is 18.2 Å². The summed E-state index contributed by atoms with van der Waals surface area (Å²) in [6.07, 6.45) is 3.16. The maximum atomic E-state index is 13.1. The van der Waals surface area contributed by atoms with Gasteiger partial charge in [0.05, 0.1) is 12.2 Å². The summed E-state index contributed by atoms with van der Waals surface area (Å²) in [5, 5.41) is 9.53. The number of carbonyl (C=O) groups is 1. The zero-order valence-electron chi connectivity index (χ0n) is 17.0. The third-order valence-electron chi connectivity index (χ3n) is 4.57. The highest BCUT2D eigenvalue weighted by Gasteiger charge is 2.34. The molecule has 0 spiro atoms. The molecule has 2 aliphatic rings. The van der Waals surface area contributed by atoms with Crippen molar-refractivity contribution in [1.29, 1.82) is 5.41 Å². The molecular weight excluding hydrogens is 401 g/mol. The van der Waals surface area contributed by atoms with Gasteiger partial charge in [-0.3, -0.25) is 10.2 Å². The third kappa shape index (κ3) is 4.32. The first-order chi connectivity index (χ1) is 14.9. The van der Waals surface area contributed by atoms with E-state index >= 15 is 0 Å². The fourth-order valence-electron chi connectivity index (χ4n) is 3.11. The monoisotopic (exact) mass is 421 g/mol. The zero-order valence-corrected chi connectivity index (χ0v) is 17.0. The van der Waals surface area contributed by atoms with Crippen molar-refractivity contribution < 1.29 is 23.5 Å². The first kappa shape index (κ1) is 20.3. The number of fused-ring (bicyclic) bond motifs is 1. The molecule has 4 rings (SSSR count). The van der Waals surface area contributed by atoms with Gasteiger partial charge < -0.3 is 14.3 Å². The molecule has 2 aliphatic heterocycles. The normalized spacial score (nSPS) is 16.6. The molecule has 7 nitrogen and oxygen atoms in total. The van der Waals surface area contributed by atoms with Crippen LogP contribution in [0.5, 0.6) is 11.5 Å². The molecule has 0 radical (unpaired) electrons. The van der Waals surface area contributed by atoms with Crippen molar-refractivity contribution in [2.75, 3.05) is 6.61 Å². The lowest BCUT2D eigenvalue weighted by atomic mass is 10.1. The maximum absolute atomic E-state index is 13.1. The molecule has 8 heteroatoms. The van der Waals surface area contributed by atoms with E-state index in [1.165, 1.54) is 17.2 Å². The number of carbonyl (C=O) groups excluding carboxylic acids is 1. The number of amidine groups is 2. The Labute approximate surface area is 178 Å². The molecule has 2 heterocycles. The average molecular weight is 421 g/mol. The highest BCUT2D eigenvalue weighted by molar-refractivity contribution is 6.32. The van der Waals surface area contributed by atoms with E-state index in [1.807, 2.05) is 6.92 Å². The summed E-state index contributed by atoms with van der Waals surface area (Å²) >= 11 is 0. The van der Waals surface area contributed by atoms with E-state index in [4.69, 9.17) is 19.7 Å². The van der Waals surface area contributed by atoms with Gasteiger partial charge in [-0.1, -0.05) is 18.2 Å². The first-order valence-electron chi connectivity index (χ1n) is 9.68. The van der Waals surface area contributed by atoms with Gasteiger partial charge in [-0.25, -0.2) is 4.39 Å². The predicted molar refractivity (Wildman–Crippen MR) is 113 cm³/mol. The fraction of sp³-hybridized carbons (Fsp3) is 0.174. The largest absolute Gasteiger partial charge is 0.490 e. The summed E-state index contributed by atoms with van der Waals surface area (Å²) in [6, 6.07) is 11.3. The Morgan fingerprint density at radius 1 is 1.16 bits per heavy atom. The molecule has 0 atom stereocenters. The number of nitrogens with one attached hydrogen (secondary N) is 1. The number of allylic oxidation sites excluding steroid dienone is 1. The highest BCUT2D eigenvalue weighted by atomic mass is 19.1. The molecule has 0 saturated carbocycles. The van der Waals surface area contributed by atoms with Crippen LogP contribution in [-0.2, 0) is 16.2 Å². The summed E-state index contributed by atoms with van der Waals surface area (Å²) in [5.74, 6) is 0.955. The lowest BCUT2D eigenvalue weighted by Crippen LogP contribution is -2.38. The molecule has 0 saturated heterocycles. The summed E-state index contributed by atoms with van der Waals surface area (Å²) in [5.41, 5.74) is 1.57. The van der Waals surface area contributed by atoms with E-state index in [0.717, 1.165) is 5.56 Å². The highest BCUT2D eigenvalue weighted by Crippen LogP contribution is 2.31. The number of amides is 1. The molecule has 31 heavy (non-hydrogen) atoms. The van der Waals surface area contributed by atoms with Crippen LogP contribution in [0.25, 0.3) is 6.08 Å². The van der Waals surface area contributed by atoms with Crippen molar-refractivity contribution in [2.45, 2.75) is 20.5 Å². The second-order valence-corrected chi connectivity index (χ2v) is 6.88. The van der Waals surface area contributed by atoms with Crippen LogP contribution < -0.4 is 9.47 Å². The summed E-state index contributed by atoms with van der Waals surface area (Å²) in [7, 11) is 0. The maximum Gasteiger partial charge on any atom is 0.282 e. The van der Waals surface area contributed by atoms with E-state index in [0.29, 0.717) is 35.3 Å². The van der Waals surface area contributed by atoms with Crippen molar-refractivity contribution in [2.24, 2.45) is 4.99 Å². The predicted octanol–water partition coefficient (Wildman–Crippen LogP) is 4.25. The molecule has 0 unspecified atom stereocenters. The zero-order chi connectivity index (χ0) is 22.0. The molecule has 0 aliphatic carbocycles. The van der Waals surface area contributed by atoms with Gasteiger partial charge in [-0.05, 0) is 55.3 Å². The minimum atomic E-state index is -0.514. The van der Waals surface area contributed by atoms with Gasteiger partial charge in [-0.2, -0.15) is 4.99 Å². The standard InChI is InChI=1S/C23H20FN3O4/c1-3-29-20-12-16(6-9-19(20)30-13-15-4-7-17(24)8-5-15)11-18-22(25)27-21(26-23(18)28)10-14(2)31-27/h4-12,25H,3,13H2,1-2H3/b18-11-,25-22?. The van der Waals surface area contributed by atoms with Gasteiger partial charge in [0.2, 0.25) is 0 Å². The Kier molecular flexibility index (Phi) is 5.53. The van der Waals surface area contributed by atoms with Crippen LogP contribution in [0.4, 0.5) is 4.39 Å². The Morgan fingerprint density at radius 3 is 2.68 bits per heavy atom. The van der Waals surface area contributed by atoms with Crippen molar-refractivity contribution >= 4 is 23.7 Å². The Hall–Kier alpha value is -3.94. The number of rotatable bonds is 6. The van der Waals surface area contributed by atoms with Crippen LogP contribution in [0.3, 0.4) is 0 Å². The number of hydrogen-bond acceptors (Lipinski definition) is 5. The fourth-order valence-corrected chi connectivity index (χ4v) is 3.11. The van der Waals surface area contributed by atoms with Crippen LogP contribution in [0.1, 0.15) is 25.0 Å². The van der Waals surface area contributed by atoms with Gasteiger partial charge >= 0.3 is 0 Å². The minimum absolute atomic E-state index is 0.0855. The average Bonchev–Trinajstić information content (AvgIpc) is 3.12. The van der Waals surface area contributed by atoms with E-state index < -0.39 is 5.91 Å². The summed E-state index contributed by atoms with van der Waals surface area (Å²) < 4.78 is 24.6. The number of aliphatic imine (C=N–C) groups is 1. The number of nitrogens with zero attached hydrogens (tertiary/aromatic N) is 2. The molecule has 1 N–H and O–H groups in total. The van der Waals surface area contributed by atoms with Gasteiger partial charge in [0, 0.05) is 6.08 Å². The molecular formula is C23H20FN3O4. The van der Waals surface area contributed by atoms with Crippen molar-refractivity contribution in [3.63, 3.8) is 0 Å². The van der Waals surface area contributed by atoms with Crippen LogP contribution in [-0.4, -0.2) is 29.2 Å². The number of halogens is 1. The second-order valence-electron chi connectivity index (χ2n) is 6.88. The summed E-state index contributed by atoms with van der Waals surface area (Å²) in [4.78, 5) is 21.8. The molecule has 1 amide bonds. The number of hydrogen-bond donors (Lipinski definition) is 1. The Balaban J connectivity index is 1.57. The number of ether oxygens (including phenoxy) is 2. The first-order valence-corrected chi connectivity index (χ1v) is 9.68.